The first-order chi connectivity index (χ1) is 6.56. The molecule has 0 aromatic carbocycles. The molecule has 1 rings (SSSR count). The summed E-state index contributed by atoms with van der Waals surface area (Å²) in [5.41, 5.74) is 7.86. The van der Waals surface area contributed by atoms with Gasteiger partial charge in [0.15, 0.2) is 0 Å². The molecule has 7 nitrogen and oxygen atoms in total. The molecule has 1 amide bonds. The van der Waals surface area contributed by atoms with Gasteiger partial charge in [-0.05, 0) is 17.6 Å². The third-order valence-corrected chi connectivity index (χ3v) is 2.46. The van der Waals surface area contributed by atoms with E-state index in [1.54, 1.807) is 0 Å². The molecule has 0 saturated heterocycles. The van der Waals surface area contributed by atoms with Gasteiger partial charge in [-0.1, -0.05) is 0 Å². The molecule has 0 N–H and O–H groups in total. The highest BCUT2D eigenvalue weighted by Gasteiger charge is 2.18. The van der Waals surface area contributed by atoms with Crippen molar-refractivity contribution in [1.29, 1.82) is 0 Å². The van der Waals surface area contributed by atoms with Crippen molar-refractivity contribution < 1.29 is 9.72 Å². The van der Waals surface area contributed by atoms with Crippen molar-refractivity contribution in [2.45, 2.75) is 6.92 Å². The van der Waals surface area contributed by atoms with Gasteiger partial charge in [-0.2, -0.15) is 0 Å². The lowest BCUT2D eigenvalue weighted by Crippen LogP contribution is -1.88. The Kier molecular flexibility index (Phi) is 2.80. The van der Waals surface area contributed by atoms with E-state index in [1.165, 1.54) is 6.92 Å². The van der Waals surface area contributed by atoms with Gasteiger partial charge >= 0.3 is 0 Å². The maximum atomic E-state index is 11.0. The summed E-state index contributed by atoms with van der Waals surface area (Å²) in [5.74, 6) is -0.797. The van der Waals surface area contributed by atoms with Crippen LogP contribution in [0.15, 0.2) is 11.2 Å². The molecule has 0 aliphatic carbocycles. The van der Waals surface area contributed by atoms with E-state index in [0.717, 1.165) is 17.4 Å². The van der Waals surface area contributed by atoms with Gasteiger partial charge in [0.2, 0.25) is 0 Å². The monoisotopic (exact) mass is 212 g/mol. The highest BCUT2D eigenvalue weighted by molar-refractivity contribution is 7.14. The van der Waals surface area contributed by atoms with Crippen molar-refractivity contribution in [3.63, 3.8) is 0 Å². The van der Waals surface area contributed by atoms with Crippen LogP contribution < -0.4 is 0 Å². The van der Waals surface area contributed by atoms with Gasteiger partial charge in [0.25, 0.3) is 11.6 Å². The quantitative estimate of drug-likeness (QED) is 0.247. The lowest BCUT2D eigenvalue weighted by molar-refractivity contribution is -0.385. The van der Waals surface area contributed by atoms with Crippen molar-refractivity contribution >= 4 is 22.9 Å². The number of nitrogens with zero attached hydrogens (tertiary/aromatic N) is 4. The predicted octanol–water partition coefficient (Wildman–Crippen LogP) is 2.42. The SMILES string of the molecule is Cc1sc(C(=O)N=[N+]=[N-])cc1[N+](=O)[O-]. The Labute approximate surface area is 81.7 Å². The van der Waals surface area contributed by atoms with Crippen molar-refractivity contribution in [1.82, 2.24) is 0 Å². The molecule has 0 spiro atoms. The van der Waals surface area contributed by atoms with Gasteiger partial charge in [0.05, 0.1) is 14.7 Å². The first-order valence-corrected chi connectivity index (χ1v) is 4.22. The fraction of sp³-hybridized carbons (Fsp3) is 0.167. The van der Waals surface area contributed by atoms with E-state index in [4.69, 9.17) is 5.53 Å². The molecule has 1 aromatic heterocycles. The number of hydrogen-bond donors (Lipinski definition) is 0. The van der Waals surface area contributed by atoms with E-state index in [2.05, 4.69) is 10.0 Å². The Balaban J connectivity index is 3.14. The topological polar surface area (TPSA) is 109 Å². The molecule has 0 fully saturated rings. The number of azide groups is 1. The molecule has 1 aromatic rings. The maximum Gasteiger partial charge on any atom is 0.283 e. The number of hydrogen-bond acceptors (Lipinski definition) is 4. The molecule has 8 heteroatoms. The zero-order valence-corrected chi connectivity index (χ0v) is 7.82. The van der Waals surface area contributed by atoms with Gasteiger partial charge in [-0.3, -0.25) is 14.9 Å². The number of nitro groups is 1. The maximum absolute atomic E-state index is 11.0. The van der Waals surface area contributed by atoms with Gasteiger partial charge in [0, 0.05) is 11.0 Å². The van der Waals surface area contributed by atoms with E-state index in [-0.39, 0.29) is 10.6 Å². The Morgan fingerprint density at radius 3 is 2.86 bits per heavy atom. The summed E-state index contributed by atoms with van der Waals surface area (Å²) in [5, 5.41) is 13.3. The van der Waals surface area contributed by atoms with Crippen molar-refractivity contribution in [2.24, 2.45) is 5.11 Å². The van der Waals surface area contributed by atoms with Crippen molar-refractivity contribution in [3.8, 4) is 0 Å². The van der Waals surface area contributed by atoms with Crippen LogP contribution in [0.5, 0.6) is 0 Å². The largest absolute Gasteiger partial charge is 0.286 e. The van der Waals surface area contributed by atoms with Crippen LogP contribution in [0.3, 0.4) is 0 Å². The lowest BCUT2D eigenvalue weighted by Gasteiger charge is -1.83. The fourth-order valence-corrected chi connectivity index (χ4v) is 1.72. The second kappa shape index (κ2) is 3.86. The molecular weight excluding hydrogens is 208 g/mol. The van der Waals surface area contributed by atoms with Crippen LogP contribution in [-0.2, 0) is 0 Å². The fourth-order valence-electron chi connectivity index (χ4n) is 0.849. The van der Waals surface area contributed by atoms with E-state index < -0.39 is 10.8 Å². The summed E-state index contributed by atoms with van der Waals surface area (Å²) >= 11 is 0.935. The zero-order chi connectivity index (χ0) is 10.7. The van der Waals surface area contributed by atoms with Crippen LogP contribution in [-0.4, -0.2) is 10.8 Å². The normalized spacial score (nSPS) is 9.21. The van der Waals surface area contributed by atoms with E-state index in [0.29, 0.717) is 4.88 Å². The van der Waals surface area contributed by atoms with Crippen LogP contribution in [0.25, 0.3) is 10.4 Å². The summed E-state index contributed by atoms with van der Waals surface area (Å²) in [7, 11) is 0. The number of aryl methyl sites for hydroxylation is 1. The van der Waals surface area contributed by atoms with Crippen LogP contribution in [0.1, 0.15) is 14.5 Å². The zero-order valence-electron chi connectivity index (χ0n) is 7.00. The number of carbonyl (C=O) groups excluding carboxylic acids is 1. The molecule has 1 heterocycles. The summed E-state index contributed by atoms with van der Waals surface area (Å²) in [6, 6.07) is 1.11. The molecule has 0 unspecified atom stereocenters. The molecule has 0 radical (unpaired) electrons. The van der Waals surface area contributed by atoms with Crippen molar-refractivity contribution in [3.05, 3.63) is 36.4 Å². The van der Waals surface area contributed by atoms with Gasteiger partial charge in [0.1, 0.15) is 0 Å². The minimum Gasteiger partial charge on any atom is -0.286 e. The summed E-state index contributed by atoms with van der Waals surface area (Å²) < 4.78 is 0. The smallest absolute Gasteiger partial charge is 0.283 e. The highest BCUT2D eigenvalue weighted by atomic mass is 32.1. The standard InChI is InChI=1S/C6H4N4O3S/c1-3-4(10(12)13)2-5(14-3)6(11)8-9-7/h2H,1H3. The van der Waals surface area contributed by atoms with Gasteiger partial charge in [-0.15, -0.1) is 11.3 Å². The Hall–Kier alpha value is -1.92. The molecular formula is C6H4N4O3S. The summed E-state index contributed by atoms with van der Waals surface area (Å²) in [6.07, 6.45) is 0. The van der Waals surface area contributed by atoms with Crippen LogP contribution >= 0.6 is 11.3 Å². The summed E-state index contributed by atoms with van der Waals surface area (Å²) in [4.78, 5) is 23.6. The van der Waals surface area contributed by atoms with E-state index in [1.807, 2.05) is 0 Å². The molecule has 14 heavy (non-hydrogen) atoms. The number of rotatable bonds is 2. The first-order valence-electron chi connectivity index (χ1n) is 3.40. The molecule has 72 valence electrons. The van der Waals surface area contributed by atoms with Crippen LogP contribution in [0.4, 0.5) is 5.69 Å². The van der Waals surface area contributed by atoms with Gasteiger partial charge in [-0.25, -0.2) is 0 Å². The minimum atomic E-state index is -0.797. The third-order valence-electron chi connectivity index (χ3n) is 1.43. The third kappa shape index (κ3) is 1.87. The van der Waals surface area contributed by atoms with Crippen LogP contribution in [0.2, 0.25) is 0 Å². The average Bonchev–Trinajstić information content (AvgIpc) is 2.48. The second-order valence-electron chi connectivity index (χ2n) is 2.30. The first kappa shape index (κ1) is 10.2. The predicted molar refractivity (Wildman–Crippen MR) is 49.2 cm³/mol. The van der Waals surface area contributed by atoms with Crippen LogP contribution in [0, 0.1) is 17.0 Å². The lowest BCUT2D eigenvalue weighted by atomic mass is 10.4. The van der Waals surface area contributed by atoms with E-state index in [9.17, 15) is 14.9 Å². The molecule has 0 saturated carbocycles. The number of amides is 1. The van der Waals surface area contributed by atoms with E-state index >= 15 is 0 Å². The molecule has 0 aliphatic rings. The second-order valence-corrected chi connectivity index (χ2v) is 3.56. The number of thiophene rings is 1. The Morgan fingerprint density at radius 2 is 2.43 bits per heavy atom. The Morgan fingerprint density at radius 1 is 1.79 bits per heavy atom. The minimum absolute atomic E-state index is 0.0759. The molecule has 0 bridgehead atoms. The average molecular weight is 212 g/mol. The number of carbonyl (C=O) groups is 1. The van der Waals surface area contributed by atoms with Crippen molar-refractivity contribution in [2.75, 3.05) is 0 Å². The highest BCUT2D eigenvalue weighted by Crippen LogP contribution is 2.28. The molecule has 0 aliphatic heterocycles. The Bertz CT molecular complexity index is 446. The van der Waals surface area contributed by atoms with Gasteiger partial charge < -0.3 is 0 Å². The summed E-state index contributed by atoms with van der Waals surface area (Å²) in [6.45, 7) is 1.52. The molecule has 0 atom stereocenters.